The minimum absolute atomic E-state index is 0.00138. The van der Waals surface area contributed by atoms with E-state index >= 15 is 0 Å². The van der Waals surface area contributed by atoms with Crippen molar-refractivity contribution in [3.8, 4) is 5.75 Å². The second kappa shape index (κ2) is 6.44. The van der Waals surface area contributed by atoms with Gasteiger partial charge in [-0.15, -0.1) is 0 Å². The Morgan fingerprint density at radius 3 is 2.78 bits per heavy atom. The zero-order valence-corrected chi connectivity index (χ0v) is 13.9. The highest BCUT2D eigenvalue weighted by molar-refractivity contribution is 5.94. The van der Waals surface area contributed by atoms with Crippen LogP contribution in [0.5, 0.6) is 5.75 Å². The van der Waals surface area contributed by atoms with E-state index in [0.717, 1.165) is 30.2 Å². The van der Waals surface area contributed by atoms with Crippen molar-refractivity contribution in [2.75, 3.05) is 11.9 Å². The summed E-state index contributed by atoms with van der Waals surface area (Å²) in [6.07, 6.45) is 5.50. The van der Waals surface area contributed by atoms with Crippen molar-refractivity contribution in [1.29, 1.82) is 0 Å². The Balaban J connectivity index is 1.68. The van der Waals surface area contributed by atoms with Crippen LogP contribution in [0.2, 0.25) is 0 Å². The number of aryl methyl sites for hydroxylation is 1. The fraction of sp³-hybridized carbons (Fsp3) is 0.444. The molecule has 0 fully saturated rings. The lowest BCUT2D eigenvalue weighted by molar-refractivity contribution is -0.122. The molecule has 0 saturated heterocycles. The van der Waals surface area contributed by atoms with Crippen LogP contribution in [0, 0.1) is 5.92 Å². The van der Waals surface area contributed by atoms with Crippen molar-refractivity contribution < 1.29 is 9.53 Å². The summed E-state index contributed by atoms with van der Waals surface area (Å²) >= 11 is 0. The highest BCUT2D eigenvalue weighted by Gasteiger charge is 2.28. The average Bonchev–Trinajstić information content (AvgIpc) is 3.01. The number of imidazole rings is 1. The SMILES string of the molecule is CC(C)Oc1ccc(N(C)C(=O)C2CCn3ccnc3C2)cc1. The fourth-order valence-electron chi connectivity index (χ4n) is 2.98. The molecule has 2 heterocycles. The highest BCUT2D eigenvalue weighted by atomic mass is 16.5. The third kappa shape index (κ3) is 3.38. The summed E-state index contributed by atoms with van der Waals surface area (Å²) in [5, 5.41) is 0. The quantitative estimate of drug-likeness (QED) is 0.872. The first-order valence-corrected chi connectivity index (χ1v) is 8.09. The van der Waals surface area contributed by atoms with Crippen molar-refractivity contribution in [2.24, 2.45) is 5.92 Å². The molecule has 0 saturated carbocycles. The molecule has 1 aliphatic heterocycles. The molecule has 1 aromatic heterocycles. The molecule has 0 aliphatic carbocycles. The maximum Gasteiger partial charge on any atom is 0.230 e. The first kappa shape index (κ1) is 15.6. The van der Waals surface area contributed by atoms with Crippen LogP contribution in [-0.2, 0) is 17.8 Å². The van der Waals surface area contributed by atoms with Gasteiger partial charge in [-0.25, -0.2) is 4.98 Å². The van der Waals surface area contributed by atoms with Crippen LogP contribution in [-0.4, -0.2) is 28.6 Å². The number of carbonyl (C=O) groups is 1. The Hall–Kier alpha value is -2.30. The Kier molecular flexibility index (Phi) is 4.37. The van der Waals surface area contributed by atoms with Crippen LogP contribution in [0.25, 0.3) is 0 Å². The lowest BCUT2D eigenvalue weighted by Gasteiger charge is -2.27. The molecule has 23 heavy (non-hydrogen) atoms. The lowest BCUT2D eigenvalue weighted by Crippen LogP contribution is -2.36. The molecule has 0 bridgehead atoms. The molecular formula is C18H23N3O2. The van der Waals surface area contributed by atoms with Crippen LogP contribution >= 0.6 is 0 Å². The predicted molar refractivity (Wildman–Crippen MR) is 89.7 cm³/mol. The number of benzene rings is 1. The molecule has 0 radical (unpaired) electrons. The average molecular weight is 313 g/mol. The molecule has 2 aromatic rings. The molecule has 0 N–H and O–H groups in total. The Morgan fingerprint density at radius 1 is 1.35 bits per heavy atom. The first-order chi connectivity index (χ1) is 11.0. The number of aromatic nitrogens is 2. The second-order valence-electron chi connectivity index (χ2n) is 6.28. The van der Waals surface area contributed by atoms with E-state index in [1.165, 1.54) is 0 Å². The summed E-state index contributed by atoms with van der Waals surface area (Å²) in [5.41, 5.74) is 0.889. The molecule has 3 rings (SSSR count). The van der Waals surface area contributed by atoms with Gasteiger partial charge in [-0.1, -0.05) is 0 Å². The maximum atomic E-state index is 12.8. The molecule has 1 atom stereocenters. The molecule has 5 heteroatoms. The minimum Gasteiger partial charge on any atom is -0.491 e. The van der Waals surface area contributed by atoms with E-state index in [4.69, 9.17) is 4.74 Å². The van der Waals surface area contributed by atoms with Gasteiger partial charge in [-0.2, -0.15) is 0 Å². The smallest absolute Gasteiger partial charge is 0.230 e. The molecule has 1 aliphatic rings. The van der Waals surface area contributed by atoms with Crippen LogP contribution in [0.15, 0.2) is 36.7 Å². The zero-order chi connectivity index (χ0) is 16.4. The second-order valence-corrected chi connectivity index (χ2v) is 6.28. The van der Waals surface area contributed by atoms with Crippen LogP contribution in [0.4, 0.5) is 5.69 Å². The van der Waals surface area contributed by atoms with Gasteiger partial charge in [0.1, 0.15) is 11.6 Å². The monoisotopic (exact) mass is 313 g/mol. The Morgan fingerprint density at radius 2 is 2.09 bits per heavy atom. The molecule has 1 amide bonds. The van der Waals surface area contributed by atoms with E-state index in [2.05, 4.69) is 9.55 Å². The van der Waals surface area contributed by atoms with Gasteiger partial charge in [0, 0.05) is 44.0 Å². The van der Waals surface area contributed by atoms with Crippen molar-refractivity contribution in [2.45, 2.75) is 39.3 Å². The number of hydrogen-bond donors (Lipinski definition) is 0. The topological polar surface area (TPSA) is 47.4 Å². The van der Waals surface area contributed by atoms with Gasteiger partial charge in [0.05, 0.1) is 6.10 Å². The van der Waals surface area contributed by atoms with E-state index in [-0.39, 0.29) is 17.9 Å². The number of rotatable bonds is 4. The van der Waals surface area contributed by atoms with Crippen molar-refractivity contribution >= 4 is 11.6 Å². The Bertz CT molecular complexity index is 676. The van der Waals surface area contributed by atoms with Gasteiger partial charge in [0.15, 0.2) is 0 Å². The number of ether oxygens (including phenoxy) is 1. The van der Waals surface area contributed by atoms with Crippen LogP contribution in [0.1, 0.15) is 26.1 Å². The van der Waals surface area contributed by atoms with E-state index in [9.17, 15) is 4.79 Å². The zero-order valence-electron chi connectivity index (χ0n) is 13.9. The van der Waals surface area contributed by atoms with Gasteiger partial charge < -0.3 is 14.2 Å². The summed E-state index contributed by atoms with van der Waals surface area (Å²) in [5.74, 6) is 1.98. The lowest BCUT2D eigenvalue weighted by atomic mass is 9.96. The minimum atomic E-state index is 0.00138. The predicted octanol–water partition coefficient (Wildman–Crippen LogP) is 2.90. The summed E-state index contributed by atoms with van der Waals surface area (Å²) < 4.78 is 7.77. The maximum absolute atomic E-state index is 12.8. The number of hydrogen-bond acceptors (Lipinski definition) is 3. The molecule has 0 spiro atoms. The molecule has 5 nitrogen and oxygen atoms in total. The number of nitrogens with zero attached hydrogens (tertiary/aromatic N) is 3. The number of anilines is 1. The third-order valence-electron chi connectivity index (χ3n) is 4.22. The van der Waals surface area contributed by atoms with Gasteiger partial charge in [-0.3, -0.25) is 4.79 Å². The van der Waals surface area contributed by atoms with Gasteiger partial charge in [0.2, 0.25) is 5.91 Å². The van der Waals surface area contributed by atoms with Crippen molar-refractivity contribution in [3.63, 3.8) is 0 Å². The summed E-state index contributed by atoms with van der Waals surface area (Å²) in [4.78, 5) is 18.8. The van der Waals surface area contributed by atoms with Gasteiger partial charge in [-0.05, 0) is 44.5 Å². The summed E-state index contributed by atoms with van der Waals surface area (Å²) in [6.45, 7) is 4.85. The van der Waals surface area contributed by atoms with Crippen molar-refractivity contribution in [3.05, 3.63) is 42.5 Å². The van der Waals surface area contributed by atoms with Gasteiger partial charge in [0.25, 0.3) is 0 Å². The Labute approximate surface area is 136 Å². The summed E-state index contributed by atoms with van der Waals surface area (Å²) in [7, 11) is 1.84. The highest BCUT2D eigenvalue weighted by Crippen LogP contribution is 2.25. The van der Waals surface area contributed by atoms with E-state index in [0.29, 0.717) is 6.42 Å². The van der Waals surface area contributed by atoms with E-state index in [1.54, 1.807) is 11.1 Å². The molecule has 1 aromatic carbocycles. The standard InChI is InChI=1S/C18H23N3O2/c1-13(2)23-16-6-4-15(5-7-16)20(3)18(22)14-8-10-21-11-9-19-17(21)12-14/h4-7,9,11,13-14H,8,10,12H2,1-3H3. The van der Waals surface area contributed by atoms with E-state index in [1.807, 2.05) is 51.4 Å². The summed E-state index contributed by atoms with van der Waals surface area (Å²) in [6, 6.07) is 7.68. The van der Waals surface area contributed by atoms with Crippen LogP contribution in [0.3, 0.4) is 0 Å². The molecular weight excluding hydrogens is 290 g/mol. The molecule has 122 valence electrons. The number of carbonyl (C=O) groups excluding carboxylic acids is 1. The van der Waals surface area contributed by atoms with Crippen LogP contribution < -0.4 is 9.64 Å². The van der Waals surface area contributed by atoms with Gasteiger partial charge >= 0.3 is 0 Å². The van der Waals surface area contributed by atoms with Crippen molar-refractivity contribution in [1.82, 2.24) is 9.55 Å². The first-order valence-electron chi connectivity index (χ1n) is 8.09. The largest absolute Gasteiger partial charge is 0.491 e. The third-order valence-corrected chi connectivity index (χ3v) is 4.22. The molecule has 1 unspecified atom stereocenters. The normalized spacial score (nSPS) is 17.0. The number of amides is 1. The number of fused-ring (bicyclic) bond motifs is 1. The van der Waals surface area contributed by atoms with E-state index < -0.39 is 0 Å². The fourth-order valence-corrected chi connectivity index (χ4v) is 2.98.